The van der Waals surface area contributed by atoms with Gasteiger partial charge >= 0.3 is 0 Å². The molecule has 0 saturated carbocycles. The maximum absolute atomic E-state index is 14.1. The van der Waals surface area contributed by atoms with Gasteiger partial charge in [0.15, 0.2) is 0 Å². The first-order chi connectivity index (χ1) is 9.97. The summed E-state index contributed by atoms with van der Waals surface area (Å²) >= 11 is 6.02. The third-order valence-electron chi connectivity index (χ3n) is 3.38. The van der Waals surface area contributed by atoms with Crippen molar-refractivity contribution in [2.24, 2.45) is 0 Å². The fourth-order valence-electron chi connectivity index (χ4n) is 2.31. The summed E-state index contributed by atoms with van der Waals surface area (Å²) in [5.41, 5.74) is 1.42. The molecule has 21 heavy (non-hydrogen) atoms. The van der Waals surface area contributed by atoms with E-state index in [0.717, 1.165) is 6.07 Å². The molecule has 0 saturated heterocycles. The van der Waals surface area contributed by atoms with Crippen molar-refractivity contribution in [2.75, 3.05) is 14.2 Å². The van der Waals surface area contributed by atoms with E-state index < -0.39 is 17.7 Å². The van der Waals surface area contributed by atoms with E-state index in [1.54, 1.807) is 32.2 Å². The van der Waals surface area contributed by atoms with E-state index in [-0.39, 0.29) is 0 Å². The molecule has 0 aromatic heterocycles. The van der Waals surface area contributed by atoms with Crippen molar-refractivity contribution >= 4 is 11.6 Å². The van der Waals surface area contributed by atoms with Crippen LogP contribution < -0.4 is 10.1 Å². The second kappa shape index (κ2) is 6.41. The van der Waals surface area contributed by atoms with Crippen molar-refractivity contribution in [2.45, 2.75) is 13.0 Å². The normalized spacial score (nSPS) is 12.3. The minimum atomic E-state index is -0.612. The summed E-state index contributed by atoms with van der Waals surface area (Å²) in [6.07, 6.45) is 0. The Morgan fingerprint density at radius 3 is 2.43 bits per heavy atom. The lowest BCUT2D eigenvalue weighted by Crippen LogP contribution is -2.20. The van der Waals surface area contributed by atoms with Gasteiger partial charge in [-0.1, -0.05) is 11.6 Å². The number of rotatable bonds is 4. The van der Waals surface area contributed by atoms with E-state index >= 15 is 0 Å². The average Bonchev–Trinajstić information content (AvgIpc) is 2.45. The van der Waals surface area contributed by atoms with Crippen LogP contribution in [0.4, 0.5) is 8.78 Å². The first-order valence-corrected chi connectivity index (χ1v) is 6.82. The van der Waals surface area contributed by atoms with Crippen molar-refractivity contribution in [3.8, 4) is 5.75 Å². The maximum Gasteiger partial charge on any atom is 0.131 e. The first kappa shape index (κ1) is 15.7. The molecule has 0 bridgehead atoms. The van der Waals surface area contributed by atoms with Crippen molar-refractivity contribution in [3.05, 3.63) is 63.7 Å². The standard InChI is InChI=1S/C16H16ClF2NO/c1-9-6-11(14(19)8-13(9)18)16(20-2)12-7-10(17)4-5-15(12)21-3/h4-8,16,20H,1-3H3. The van der Waals surface area contributed by atoms with Crippen LogP contribution in [0, 0.1) is 18.6 Å². The topological polar surface area (TPSA) is 21.3 Å². The maximum atomic E-state index is 14.1. The highest BCUT2D eigenvalue weighted by molar-refractivity contribution is 6.30. The van der Waals surface area contributed by atoms with E-state index in [2.05, 4.69) is 5.32 Å². The van der Waals surface area contributed by atoms with Crippen LogP contribution in [0.1, 0.15) is 22.7 Å². The molecule has 2 aromatic carbocycles. The zero-order valence-corrected chi connectivity index (χ0v) is 12.8. The summed E-state index contributed by atoms with van der Waals surface area (Å²) in [4.78, 5) is 0. The van der Waals surface area contributed by atoms with Gasteiger partial charge in [0.05, 0.1) is 13.2 Å². The smallest absolute Gasteiger partial charge is 0.131 e. The molecule has 2 rings (SSSR count). The molecule has 0 aliphatic heterocycles. The van der Waals surface area contributed by atoms with E-state index in [1.807, 2.05) is 0 Å². The summed E-state index contributed by atoms with van der Waals surface area (Å²) in [7, 11) is 3.23. The number of nitrogens with one attached hydrogen (secondary N) is 1. The number of hydrogen-bond donors (Lipinski definition) is 1. The van der Waals surface area contributed by atoms with Crippen molar-refractivity contribution in [1.29, 1.82) is 0 Å². The Hall–Kier alpha value is -1.65. The lowest BCUT2D eigenvalue weighted by Gasteiger charge is -2.21. The zero-order valence-electron chi connectivity index (χ0n) is 12.0. The van der Waals surface area contributed by atoms with Gasteiger partial charge in [-0.3, -0.25) is 0 Å². The number of methoxy groups -OCH3 is 1. The molecule has 5 heteroatoms. The Morgan fingerprint density at radius 1 is 1.10 bits per heavy atom. The highest BCUT2D eigenvalue weighted by Crippen LogP contribution is 2.34. The van der Waals surface area contributed by atoms with Gasteiger partial charge in [0.2, 0.25) is 0 Å². The summed E-state index contributed by atoms with van der Waals surface area (Å²) in [6, 6.07) is 7.02. The molecule has 0 spiro atoms. The second-order valence-electron chi connectivity index (χ2n) is 4.73. The second-order valence-corrected chi connectivity index (χ2v) is 5.17. The number of benzene rings is 2. The van der Waals surface area contributed by atoms with Gasteiger partial charge in [-0.2, -0.15) is 0 Å². The molecule has 0 heterocycles. The van der Waals surface area contributed by atoms with E-state index in [4.69, 9.17) is 16.3 Å². The van der Waals surface area contributed by atoms with Crippen LogP contribution in [0.15, 0.2) is 30.3 Å². The van der Waals surface area contributed by atoms with Crippen LogP contribution in [0.25, 0.3) is 0 Å². The molecule has 0 radical (unpaired) electrons. The monoisotopic (exact) mass is 311 g/mol. The minimum Gasteiger partial charge on any atom is -0.496 e. The molecular formula is C16H16ClF2NO. The molecule has 0 aliphatic carbocycles. The predicted molar refractivity (Wildman–Crippen MR) is 80.0 cm³/mol. The molecule has 1 N–H and O–H groups in total. The van der Waals surface area contributed by atoms with E-state index in [1.165, 1.54) is 13.2 Å². The summed E-state index contributed by atoms with van der Waals surface area (Å²) < 4.78 is 32.9. The molecule has 0 amide bonds. The lowest BCUT2D eigenvalue weighted by atomic mass is 9.96. The third-order valence-corrected chi connectivity index (χ3v) is 3.62. The quantitative estimate of drug-likeness (QED) is 0.911. The van der Waals surface area contributed by atoms with Crippen LogP contribution in [0.2, 0.25) is 5.02 Å². The van der Waals surface area contributed by atoms with E-state index in [0.29, 0.717) is 27.5 Å². The molecule has 1 atom stereocenters. The fraction of sp³-hybridized carbons (Fsp3) is 0.250. The van der Waals surface area contributed by atoms with Gasteiger partial charge < -0.3 is 10.1 Å². The predicted octanol–water partition coefficient (Wildman–Crippen LogP) is 4.24. The Morgan fingerprint density at radius 2 is 1.81 bits per heavy atom. The molecule has 1 unspecified atom stereocenters. The molecule has 0 fully saturated rings. The van der Waals surface area contributed by atoms with Crippen LogP contribution in [-0.4, -0.2) is 14.2 Å². The van der Waals surface area contributed by atoms with Crippen LogP contribution >= 0.6 is 11.6 Å². The van der Waals surface area contributed by atoms with Gasteiger partial charge in [0.25, 0.3) is 0 Å². The zero-order chi connectivity index (χ0) is 15.6. The van der Waals surface area contributed by atoms with E-state index in [9.17, 15) is 8.78 Å². The molecule has 0 aliphatic rings. The van der Waals surface area contributed by atoms with Gasteiger partial charge in [-0.05, 0) is 43.8 Å². The van der Waals surface area contributed by atoms with Crippen molar-refractivity contribution < 1.29 is 13.5 Å². The Balaban J connectivity index is 2.59. The molecular weight excluding hydrogens is 296 g/mol. The van der Waals surface area contributed by atoms with Gasteiger partial charge in [0, 0.05) is 22.2 Å². The lowest BCUT2D eigenvalue weighted by molar-refractivity contribution is 0.404. The van der Waals surface area contributed by atoms with Gasteiger partial charge in [-0.25, -0.2) is 8.78 Å². The Labute approximate surface area is 127 Å². The minimum absolute atomic E-state index is 0.344. The average molecular weight is 312 g/mol. The number of ether oxygens (including phenoxy) is 1. The summed E-state index contributed by atoms with van der Waals surface area (Å²) in [5, 5.41) is 3.54. The largest absolute Gasteiger partial charge is 0.496 e. The van der Waals surface area contributed by atoms with Crippen LogP contribution in [0.5, 0.6) is 5.75 Å². The first-order valence-electron chi connectivity index (χ1n) is 6.44. The summed E-state index contributed by atoms with van der Waals surface area (Å²) in [5.74, 6) is -0.594. The van der Waals surface area contributed by atoms with Gasteiger partial charge in [0.1, 0.15) is 17.4 Å². The van der Waals surface area contributed by atoms with Crippen LogP contribution in [-0.2, 0) is 0 Å². The Kier molecular flexibility index (Phi) is 4.80. The van der Waals surface area contributed by atoms with Crippen molar-refractivity contribution in [1.82, 2.24) is 5.32 Å². The van der Waals surface area contributed by atoms with Gasteiger partial charge in [-0.15, -0.1) is 0 Å². The highest BCUT2D eigenvalue weighted by Gasteiger charge is 2.21. The van der Waals surface area contributed by atoms with Crippen molar-refractivity contribution in [3.63, 3.8) is 0 Å². The number of halogens is 3. The SMILES string of the molecule is CNC(c1cc(C)c(F)cc1F)c1cc(Cl)ccc1OC. The number of hydrogen-bond acceptors (Lipinski definition) is 2. The number of aryl methyl sites for hydroxylation is 1. The van der Waals surface area contributed by atoms with Crippen LogP contribution in [0.3, 0.4) is 0 Å². The third kappa shape index (κ3) is 3.17. The molecule has 2 nitrogen and oxygen atoms in total. The summed E-state index contributed by atoms with van der Waals surface area (Å²) in [6.45, 7) is 1.60. The molecule has 2 aromatic rings. The Bertz CT molecular complexity index is 661. The molecule has 112 valence electrons. The fourth-order valence-corrected chi connectivity index (χ4v) is 2.49. The highest BCUT2D eigenvalue weighted by atomic mass is 35.5.